The summed E-state index contributed by atoms with van der Waals surface area (Å²) in [4.78, 5) is 22.6. The van der Waals surface area contributed by atoms with Crippen LogP contribution in [0.2, 0.25) is 0 Å². The van der Waals surface area contributed by atoms with Crippen molar-refractivity contribution in [1.29, 1.82) is 0 Å². The molecule has 0 saturated heterocycles. The number of nitrogen functional groups attached to an aromatic ring is 1. The van der Waals surface area contributed by atoms with E-state index in [0.717, 1.165) is 5.56 Å². The number of nitrogens with two attached hydrogens (primary N) is 1. The van der Waals surface area contributed by atoms with Crippen LogP contribution in [0, 0.1) is 6.92 Å². The first-order valence-electron chi connectivity index (χ1n) is 6.25. The molecule has 0 fully saturated rings. The third-order valence-electron chi connectivity index (χ3n) is 2.84. The summed E-state index contributed by atoms with van der Waals surface area (Å²) < 4.78 is 1.35. The molecule has 0 bridgehead atoms. The molecule has 0 atom stereocenters. The number of benzene rings is 1. The van der Waals surface area contributed by atoms with Crippen molar-refractivity contribution in [3.63, 3.8) is 0 Å². The van der Waals surface area contributed by atoms with E-state index in [0.29, 0.717) is 17.8 Å². The molecule has 21 heavy (non-hydrogen) atoms. The molecule has 1 aromatic heterocycles. The molecule has 0 aliphatic heterocycles. The number of aromatic carboxylic acids is 1. The molecule has 0 aliphatic rings. The van der Waals surface area contributed by atoms with Gasteiger partial charge in [0.1, 0.15) is 0 Å². The molecule has 0 saturated carbocycles. The number of carbonyl (C=O) groups is 2. The number of aryl methyl sites for hydroxylation is 1. The molecule has 8 nitrogen and oxygen atoms in total. The minimum atomic E-state index is -1.14. The molecule has 0 aliphatic carbocycles. The van der Waals surface area contributed by atoms with Gasteiger partial charge in [-0.25, -0.2) is 9.48 Å². The van der Waals surface area contributed by atoms with Crippen LogP contribution in [0.5, 0.6) is 0 Å². The van der Waals surface area contributed by atoms with Crippen molar-refractivity contribution in [3.8, 4) is 0 Å². The van der Waals surface area contributed by atoms with E-state index in [1.54, 1.807) is 12.1 Å². The number of nitrogens with one attached hydrogen (secondary N) is 1. The van der Waals surface area contributed by atoms with Crippen LogP contribution in [-0.4, -0.2) is 38.5 Å². The molecule has 2 rings (SSSR count). The van der Waals surface area contributed by atoms with Crippen LogP contribution in [-0.2, 0) is 6.54 Å². The number of carboxylic acids is 1. The Bertz CT molecular complexity index is 680. The first-order valence-corrected chi connectivity index (χ1v) is 6.25. The molecule has 4 N–H and O–H groups in total. The highest BCUT2D eigenvalue weighted by atomic mass is 16.4. The summed E-state index contributed by atoms with van der Waals surface area (Å²) >= 11 is 0. The number of hydrogen-bond donors (Lipinski definition) is 3. The Morgan fingerprint density at radius 1 is 1.43 bits per heavy atom. The van der Waals surface area contributed by atoms with E-state index in [1.165, 1.54) is 10.9 Å². The van der Waals surface area contributed by atoms with Crippen molar-refractivity contribution < 1.29 is 14.7 Å². The minimum absolute atomic E-state index is 0.135. The number of nitrogens with zero attached hydrogens (tertiary/aromatic N) is 3. The van der Waals surface area contributed by atoms with Crippen molar-refractivity contribution >= 4 is 17.6 Å². The summed E-state index contributed by atoms with van der Waals surface area (Å²) in [5.41, 5.74) is 7.39. The number of hydrogen-bond acceptors (Lipinski definition) is 5. The summed E-state index contributed by atoms with van der Waals surface area (Å²) in [6.07, 6.45) is 1.30. The molecular weight excluding hydrogens is 274 g/mol. The van der Waals surface area contributed by atoms with Crippen molar-refractivity contribution in [1.82, 2.24) is 20.3 Å². The zero-order valence-corrected chi connectivity index (χ0v) is 11.4. The van der Waals surface area contributed by atoms with E-state index in [1.807, 2.05) is 13.0 Å². The number of amides is 1. The fraction of sp³-hybridized carbons (Fsp3) is 0.231. The fourth-order valence-electron chi connectivity index (χ4n) is 1.75. The highest BCUT2D eigenvalue weighted by Crippen LogP contribution is 2.13. The molecule has 1 heterocycles. The van der Waals surface area contributed by atoms with Gasteiger partial charge in [-0.15, -0.1) is 5.10 Å². The normalized spacial score (nSPS) is 10.3. The number of carboxylic acid groups (broad SMARTS) is 1. The Kier molecular flexibility index (Phi) is 4.17. The van der Waals surface area contributed by atoms with Crippen LogP contribution in [0.1, 0.15) is 26.4 Å². The minimum Gasteiger partial charge on any atom is -0.476 e. The topological polar surface area (TPSA) is 123 Å². The van der Waals surface area contributed by atoms with Crippen LogP contribution in [0.25, 0.3) is 0 Å². The van der Waals surface area contributed by atoms with E-state index < -0.39 is 5.97 Å². The van der Waals surface area contributed by atoms with Crippen LogP contribution in [0.4, 0.5) is 5.69 Å². The highest BCUT2D eigenvalue weighted by molar-refractivity contribution is 5.99. The second kappa shape index (κ2) is 6.04. The van der Waals surface area contributed by atoms with Gasteiger partial charge in [0.2, 0.25) is 0 Å². The van der Waals surface area contributed by atoms with Gasteiger partial charge >= 0.3 is 5.97 Å². The lowest BCUT2D eigenvalue weighted by molar-refractivity contribution is 0.0690. The highest BCUT2D eigenvalue weighted by Gasteiger charge is 2.10. The van der Waals surface area contributed by atoms with Crippen molar-refractivity contribution in [3.05, 3.63) is 41.2 Å². The standard InChI is InChI=1S/C13H15N5O3/c1-8-2-3-10(14)9(6-8)12(19)15-4-5-18-7-11(13(20)21)16-17-18/h2-3,6-7H,4-5,14H2,1H3,(H,15,19)(H,20,21). The average molecular weight is 289 g/mol. The smallest absolute Gasteiger partial charge is 0.358 e. The third kappa shape index (κ3) is 3.56. The largest absolute Gasteiger partial charge is 0.476 e. The number of carbonyl (C=O) groups excluding carboxylic acids is 1. The zero-order chi connectivity index (χ0) is 15.4. The third-order valence-corrected chi connectivity index (χ3v) is 2.84. The van der Waals surface area contributed by atoms with Gasteiger partial charge in [0.05, 0.1) is 18.3 Å². The van der Waals surface area contributed by atoms with Gasteiger partial charge in [-0.2, -0.15) is 0 Å². The Morgan fingerprint density at radius 3 is 2.86 bits per heavy atom. The molecule has 0 spiro atoms. The Labute approximate surface area is 120 Å². The van der Waals surface area contributed by atoms with Gasteiger partial charge in [-0.3, -0.25) is 4.79 Å². The van der Waals surface area contributed by atoms with E-state index in [2.05, 4.69) is 15.6 Å². The van der Waals surface area contributed by atoms with E-state index in [9.17, 15) is 9.59 Å². The lowest BCUT2D eigenvalue weighted by Gasteiger charge is -2.08. The van der Waals surface area contributed by atoms with Gasteiger partial charge in [-0.05, 0) is 19.1 Å². The van der Waals surface area contributed by atoms with Crippen LogP contribution < -0.4 is 11.1 Å². The Morgan fingerprint density at radius 2 is 2.19 bits per heavy atom. The van der Waals surface area contributed by atoms with Crippen molar-refractivity contribution in [2.45, 2.75) is 13.5 Å². The van der Waals surface area contributed by atoms with E-state index in [4.69, 9.17) is 10.8 Å². The maximum Gasteiger partial charge on any atom is 0.358 e. The quantitative estimate of drug-likeness (QED) is 0.680. The lowest BCUT2D eigenvalue weighted by Crippen LogP contribution is -2.28. The SMILES string of the molecule is Cc1ccc(N)c(C(=O)NCCn2cc(C(=O)O)nn2)c1. The van der Waals surface area contributed by atoms with Crippen LogP contribution in [0.15, 0.2) is 24.4 Å². The second-order valence-electron chi connectivity index (χ2n) is 4.52. The monoisotopic (exact) mass is 289 g/mol. The predicted molar refractivity (Wildman–Crippen MR) is 74.9 cm³/mol. The van der Waals surface area contributed by atoms with Crippen LogP contribution >= 0.6 is 0 Å². The number of rotatable bonds is 5. The molecule has 8 heteroatoms. The summed E-state index contributed by atoms with van der Waals surface area (Å²) in [6, 6.07) is 5.22. The van der Waals surface area contributed by atoms with Crippen molar-refractivity contribution in [2.24, 2.45) is 0 Å². The van der Waals surface area contributed by atoms with Crippen molar-refractivity contribution in [2.75, 3.05) is 12.3 Å². The summed E-state index contributed by atoms with van der Waals surface area (Å²) in [7, 11) is 0. The first kappa shape index (κ1) is 14.5. The summed E-state index contributed by atoms with van der Waals surface area (Å²) in [6.45, 7) is 2.48. The summed E-state index contributed by atoms with van der Waals surface area (Å²) in [5, 5.41) is 18.5. The Balaban J connectivity index is 1.92. The molecule has 1 aromatic carbocycles. The Hall–Kier alpha value is -2.90. The maximum absolute atomic E-state index is 12.0. The van der Waals surface area contributed by atoms with Gasteiger partial charge in [-0.1, -0.05) is 16.8 Å². The molecule has 0 radical (unpaired) electrons. The van der Waals surface area contributed by atoms with Gasteiger partial charge < -0.3 is 16.2 Å². The fourth-order valence-corrected chi connectivity index (χ4v) is 1.75. The maximum atomic E-state index is 12.0. The summed E-state index contributed by atoms with van der Waals surface area (Å²) in [5.74, 6) is -1.42. The van der Waals surface area contributed by atoms with Gasteiger partial charge in [0.25, 0.3) is 5.91 Å². The van der Waals surface area contributed by atoms with Crippen LogP contribution in [0.3, 0.4) is 0 Å². The van der Waals surface area contributed by atoms with E-state index in [-0.39, 0.29) is 18.1 Å². The molecule has 2 aromatic rings. The second-order valence-corrected chi connectivity index (χ2v) is 4.52. The molecule has 110 valence electrons. The van der Waals surface area contributed by atoms with Gasteiger partial charge in [0, 0.05) is 12.2 Å². The predicted octanol–water partition coefficient (Wildman–Crippen LogP) is 0.297. The average Bonchev–Trinajstić information content (AvgIpc) is 2.90. The van der Waals surface area contributed by atoms with E-state index >= 15 is 0 Å². The first-order chi connectivity index (χ1) is 9.97. The van der Waals surface area contributed by atoms with Gasteiger partial charge in [0.15, 0.2) is 5.69 Å². The number of aromatic nitrogens is 3. The number of anilines is 1. The lowest BCUT2D eigenvalue weighted by atomic mass is 10.1. The molecule has 1 amide bonds. The molecular formula is C13H15N5O3. The zero-order valence-electron chi connectivity index (χ0n) is 11.4. The molecule has 0 unspecified atom stereocenters.